The van der Waals surface area contributed by atoms with Gasteiger partial charge in [-0.25, -0.2) is 13.8 Å². The van der Waals surface area contributed by atoms with E-state index in [-0.39, 0.29) is 12.1 Å². The maximum absolute atomic E-state index is 13.2. The lowest BCUT2D eigenvalue weighted by molar-refractivity contribution is -0.115. The molecule has 0 fully saturated rings. The normalized spacial score (nSPS) is 10.5. The summed E-state index contributed by atoms with van der Waals surface area (Å²) in [5.41, 5.74) is 2.84. The number of aromatic nitrogens is 1. The fourth-order valence-corrected chi connectivity index (χ4v) is 3.17. The second kappa shape index (κ2) is 8.71. The summed E-state index contributed by atoms with van der Waals surface area (Å²) in [5, 5.41) is 7.19. The molecule has 28 heavy (non-hydrogen) atoms. The molecule has 0 aliphatic rings. The molecule has 0 saturated carbocycles. The molecule has 3 rings (SSSR count). The van der Waals surface area contributed by atoms with Crippen molar-refractivity contribution in [2.75, 3.05) is 11.9 Å². The SMILES string of the molecule is CCc1ccc(-c2csc(NC(=O)CNC(=O)c3ccc(F)c(F)c3)n2)cc1. The average Bonchev–Trinajstić information content (AvgIpc) is 3.16. The van der Waals surface area contributed by atoms with Crippen molar-refractivity contribution in [2.45, 2.75) is 13.3 Å². The Morgan fingerprint density at radius 1 is 1.07 bits per heavy atom. The van der Waals surface area contributed by atoms with Crippen LogP contribution in [-0.4, -0.2) is 23.3 Å². The molecule has 2 N–H and O–H groups in total. The number of halogens is 2. The van der Waals surface area contributed by atoms with Gasteiger partial charge in [0.25, 0.3) is 5.91 Å². The minimum absolute atomic E-state index is 0.0706. The topological polar surface area (TPSA) is 71.1 Å². The minimum Gasteiger partial charge on any atom is -0.343 e. The molecule has 0 radical (unpaired) electrons. The van der Waals surface area contributed by atoms with Gasteiger partial charge in [0, 0.05) is 16.5 Å². The molecule has 0 atom stereocenters. The van der Waals surface area contributed by atoms with E-state index in [0.29, 0.717) is 5.13 Å². The number of anilines is 1. The molecule has 2 aromatic carbocycles. The Balaban J connectivity index is 1.55. The average molecular weight is 401 g/mol. The zero-order chi connectivity index (χ0) is 20.1. The molecule has 1 aromatic heterocycles. The number of aryl methyl sites for hydroxylation is 1. The fourth-order valence-electron chi connectivity index (χ4n) is 2.44. The van der Waals surface area contributed by atoms with Crippen molar-refractivity contribution in [1.29, 1.82) is 0 Å². The highest BCUT2D eigenvalue weighted by Gasteiger charge is 2.12. The van der Waals surface area contributed by atoms with Gasteiger partial charge in [0.15, 0.2) is 16.8 Å². The summed E-state index contributed by atoms with van der Waals surface area (Å²) in [6.07, 6.45) is 0.953. The van der Waals surface area contributed by atoms with E-state index in [2.05, 4.69) is 22.5 Å². The predicted molar refractivity (Wildman–Crippen MR) is 104 cm³/mol. The summed E-state index contributed by atoms with van der Waals surface area (Å²) in [6.45, 7) is 1.76. The first kappa shape index (κ1) is 19.6. The molecule has 1 heterocycles. The van der Waals surface area contributed by atoms with Crippen LogP contribution in [0.4, 0.5) is 13.9 Å². The Bertz CT molecular complexity index is 1000. The molecule has 5 nitrogen and oxygen atoms in total. The van der Waals surface area contributed by atoms with Gasteiger partial charge in [-0.3, -0.25) is 9.59 Å². The molecule has 0 unspecified atom stereocenters. The Morgan fingerprint density at radius 2 is 1.82 bits per heavy atom. The number of nitrogens with zero attached hydrogens (tertiary/aromatic N) is 1. The lowest BCUT2D eigenvalue weighted by atomic mass is 10.1. The van der Waals surface area contributed by atoms with Crippen LogP contribution >= 0.6 is 11.3 Å². The molecule has 0 saturated heterocycles. The summed E-state index contributed by atoms with van der Waals surface area (Å²) in [6, 6.07) is 10.8. The van der Waals surface area contributed by atoms with Crippen molar-refractivity contribution in [3.63, 3.8) is 0 Å². The summed E-state index contributed by atoms with van der Waals surface area (Å²) >= 11 is 1.27. The van der Waals surface area contributed by atoms with E-state index in [4.69, 9.17) is 0 Å². The number of hydrogen-bond donors (Lipinski definition) is 2. The van der Waals surface area contributed by atoms with Crippen LogP contribution in [-0.2, 0) is 11.2 Å². The van der Waals surface area contributed by atoms with E-state index in [9.17, 15) is 18.4 Å². The highest BCUT2D eigenvalue weighted by molar-refractivity contribution is 7.14. The van der Waals surface area contributed by atoms with E-state index in [1.54, 1.807) is 0 Å². The minimum atomic E-state index is -1.13. The predicted octanol–water partition coefficient (Wildman–Crippen LogP) is 4.02. The van der Waals surface area contributed by atoms with E-state index < -0.39 is 23.4 Å². The Labute approximate surface area is 164 Å². The number of benzene rings is 2. The standard InChI is InChI=1S/C20H17F2N3O2S/c1-2-12-3-5-13(6-4-12)17-11-28-20(24-17)25-18(26)10-23-19(27)14-7-8-15(21)16(22)9-14/h3-9,11H,2,10H2,1H3,(H,23,27)(H,24,25,26). The van der Waals surface area contributed by atoms with Crippen molar-refractivity contribution < 1.29 is 18.4 Å². The van der Waals surface area contributed by atoms with Gasteiger partial charge in [-0.2, -0.15) is 0 Å². The highest BCUT2D eigenvalue weighted by atomic mass is 32.1. The van der Waals surface area contributed by atoms with E-state index >= 15 is 0 Å². The molecule has 0 bridgehead atoms. The maximum atomic E-state index is 13.2. The molecule has 0 aliphatic carbocycles. The lowest BCUT2D eigenvalue weighted by Gasteiger charge is -2.05. The molecule has 0 spiro atoms. The van der Waals surface area contributed by atoms with Crippen LogP contribution in [0.5, 0.6) is 0 Å². The molecule has 3 aromatic rings. The van der Waals surface area contributed by atoms with Crippen LogP contribution in [0.2, 0.25) is 0 Å². The first-order chi connectivity index (χ1) is 13.5. The number of nitrogens with one attached hydrogen (secondary N) is 2. The summed E-state index contributed by atoms with van der Waals surface area (Å²) in [5.74, 6) is -3.32. The van der Waals surface area contributed by atoms with E-state index in [1.807, 2.05) is 29.6 Å². The van der Waals surface area contributed by atoms with Crippen LogP contribution < -0.4 is 10.6 Å². The number of rotatable bonds is 6. The van der Waals surface area contributed by atoms with Crippen molar-refractivity contribution in [3.05, 3.63) is 70.6 Å². The molecular formula is C20H17F2N3O2S. The highest BCUT2D eigenvalue weighted by Crippen LogP contribution is 2.25. The van der Waals surface area contributed by atoms with Gasteiger partial charge in [-0.1, -0.05) is 31.2 Å². The largest absolute Gasteiger partial charge is 0.343 e. The van der Waals surface area contributed by atoms with Gasteiger partial charge in [0.1, 0.15) is 0 Å². The van der Waals surface area contributed by atoms with E-state index in [1.165, 1.54) is 16.9 Å². The van der Waals surface area contributed by atoms with Gasteiger partial charge >= 0.3 is 0 Å². The summed E-state index contributed by atoms with van der Waals surface area (Å²) in [7, 11) is 0. The molecule has 2 amide bonds. The maximum Gasteiger partial charge on any atom is 0.251 e. The van der Waals surface area contributed by atoms with Gasteiger partial charge in [-0.05, 0) is 30.2 Å². The monoisotopic (exact) mass is 401 g/mol. The Hall–Kier alpha value is -3.13. The number of carbonyl (C=O) groups excluding carboxylic acids is 2. The van der Waals surface area contributed by atoms with Crippen molar-refractivity contribution in [1.82, 2.24) is 10.3 Å². The zero-order valence-corrected chi connectivity index (χ0v) is 15.8. The first-order valence-corrected chi connectivity index (χ1v) is 9.42. The third-order valence-electron chi connectivity index (χ3n) is 4.00. The quantitative estimate of drug-likeness (QED) is 0.655. The van der Waals surface area contributed by atoms with Crippen molar-refractivity contribution in [3.8, 4) is 11.3 Å². The lowest BCUT2D eigenvalue weighted by Crippen LogP contribution is -2.32. The van der Waals surface area contributed by atoms with Crippen molar-refractivity contribution in [2.24, 2.45) is 0 Å². The zero-order valence-electron chi connectivity index (χ0n) is 15.0. The van der Waals surface area contributed by atoms with Crippen LogP contribution in [0.3, 0.4) is 0 Å². The van der Waals surface area contributed by atoms with Crippen molar-refractivity contribution >= 4 is 28.3 Å². The van der Waals surface area contributed by atoms with Crippen LogP contribution in [0, 0.1) is 11.6 Å². The fraction of sp³-hybridized carbons (Fsp3) is 0.150. The van der Waals surface area contributed by atoms with Gasteiger partial charge in [0.2, 0.25) is 5.91 Å². The van der Waals surface area contributed by atoms with Crippen LogP contribution in [0.15, 0.2) is 47.8 Å². The summed E-state index contributed by atoms with van der Waals surface area (Å²) in [4.78, 5) is 28.3. The Kier molecular flexibility index (Phi) is 6.10. The molecular weight excluding hydrogens is 384 g/mol. The van der Waals surface area contributed by atoms with Gasteiger partial charge in [-0.15, -0.1) is 11.3 Å². The third kappa shape index (κ3) is 4.77. The number of hydrogen-bond acceptors (Lipinski definition) is 4. The first-order valence-electron chi connectivity index (χ1n) is 8.54. The third-order valence-corrected chi connectivity index (χ3v) is 4.76. The summed E-state index contributed by atoms with van der Waals surface area (Å²) < 4.78 is 26.1. The molecule has 144 valence electrons. The molecule has 8 heteroatoms. The van der Waals surface area contributed by atoms with Crippen LogP contribution in [0.1, 0.15) is 22.8 Å². The second-order valence-corrected chi connectivity index (χ2v) is 6.81. The Morgan fingerprint density at radius 3 is 2.50 bits per heavy atom. The second-order valence-electron chi connectivity index (χ2n) is 5.95. The molecule has 0 aliphatic heterocycles. The van der Waals surface area contributed by atoms with E-state index in [0.717, 1.165) is 35.9 Å². The van der Waals surface area contributed by atoms with Crippen LogP contribution in [0.25, 0.3) is 11.3 Å². The van der Waals surface area contributed by atoms with Gasteiger partial charge < -0.3 is 10.6 Å². The number of carbonyl (C=O) groups is 2. The smallest absolute Gasteiger partial charge is 0.251 e. The number of amides is 2. The number of thiazole rings is 1. The van der Waals surface area contributed by atoms with Gasteiger partial charge in [0.05, 0.1) is 12.2 Å².